The first-order chi connectivity index (χ1) is 7.66. The molecule has 6 heteroatoms. The zero-order chi connectivity index (χ0) is 11.5. The molecular weight excluding hydrogens is 232 g/mol. The minimum absolute atomic E-state index is 0.0827. The molecule has 0 spiro atoms. The van der Waals surface area contributed by atoms with E-state index in [0.717, 1.165) is 24.0 Å². The summed E-state index contributed by atoms with van der Waals surface area (Å²) in [7, 11) is 0. The summed E-state index contributed by atoms with van der Waals surface area (Å²) in [4.78, 5) is 8.09. The fourth-order valence-corrected chi connectivity index (χ4v) is 1.84. The van der Waals surface area contributed by atoms with E-state index >= 15 is 0 Å². The lowest BCUT2D eigenvalue weighted by Gasteiger charge is -2.04. The Morgan fingerprint density at radius 1 is 1.25 bits per heavy atom. The van der Waals surface area contributed by atoms with E-state index in [-0.39, 0.29) is 5.03 Å². The maximum absolute atomic E-state index is 13.3. The van der Waals surface area contributed by atoms with Gasteiger partial charge < -0.3 is 5.73 Å². The van der Waals surface area contributed by atoms with Crippen LogP contribution < -0.4 is 5.73 Å². The monoisotopic (exact) mass is 239 g/mol. The van der Waals surface area contributed by atoms with Gasteiger partial charge in [0.05, 0.1) is 18.1 Å². The van der Waals surface area contributed by atoms with Crippen molar-refractivity contribution in [3.8, 4) is 0 Å². The van der Waals surface area contributed by atoms with E-state index < -0.39 is 11.6 Å². The van der Waals surface area contributed by atoms with Crippen molar-refractivity contribution in [3.63, 3.8) is 0 Å². The van der Waals surface area contributed by atoms with Crippen molar-refractivity contribution in [3.05, 3.63) is 42.4 Å². The minimum atomic E-state index is -0.707. The molecule has 0 radical (unpaired) electrons. The molecule has 0 amide bonds. The van der Waals surface area contributed by atoms with Gasteiger partial charge in [-0.15, -0.1) is 0 Å². The van der Waals surface area contributed by atoms with Gasteiger partial charge in [-0.1, -0.05) is 11.8 Å². The van der Waals surface area contributed by atoms with Gasteiger partial charge >= 0.3 is 0 Å². The average Bonchev–Trinajstić information content (AvgIpc) is 2.25. The van der Waals surface area contributed by atoms with Crippen molar-refractivity contribution in [1.82, 2.24) is 9.97 Å². The summed E-state index contributed by atoms with van der Waals surface area (Å²) in [6, 6.07) is 2.43. The van der Waals surface area contributed by atoms with Crippen LogP contribution in [0.15, 0.2) is 40.6 Å². The molecule has 0 atom stereocenters. The molecule has 0 aliphatic carbocycles. The number of hydrogen-bond donors (Lipinski definition) is 1. The van der Waals surface area contributed by atoms with Gasteiger partial charge in [0.2, 0.25) is 0 Å². The quantitative estimate of drug-likeness (QED) is 0.874. The van der Waals surface area contributed by atoms with Gasteiger partial charge in [-0.3, -0.25) is 4.98 Å². The van der Waals surface area contributed by atoms with Gasteiger partial charge in [-0.05, 0) is 6.07 Å². The lowest BCUT2D eigenvalue weighted by atomic mass is 10.4. The SMILES string of the molecule is Nc1cnccc1Sc1ncc(F)cc1F. The Morgan fingerprint density at radius 2 is 2.06 bits per heavy atom. The minimum Gasteiger partial charge on any atom is -0.397 e. The predicted molar refractivity (Wildman–Crippen MR) is 56.9 cm³/mol. The van der Waals surface area contributed by atoms with Crippen LogP contribution in [-0.2, 0) is 0 Å². The number of halogens is 2. The number of nitrogens with two attached hydrogens (primary N) is 1. The topological polar surface area (TPSA) is 51.8 Å². The fourth-order valence-electron chi connectivity index (χ4n) is 1.07. The summed E-state index contributed by atoms with van der Waals surface area (Å²) in [6.07, 6.45) is 3.96. The van der Waals surface area contributed by atoms with Crippen LogP contribution in [0.2, 0.25) is 0 Å². The third-order valence-corrected chi connectivity index (χ3v) is 2.88. The number of pyridine rings is 2. The van der Waals surface area contributed by atoms with Gasteiger partial charge in [-0.2, -0.15) is 0 Å². The van der Waals surface area contributed by atoms with Crippen LogP contribution >= 0.6 is 11.8 Å². The molecule has 0 saturated carbocycles. The highest BCUT2D eigenvalue weighted by Gasteiger charge is 2.09. The number of anilines is 1. The Morgan fingerprint density at radius 3 is 2.75 bits per heavy atom. The van der Waals surface area contributed by atoms with Crippen molar-refractivity contribution < 1.29 is 8.78 Å². The number of hydrogen-bond acceptors (Lipinski definition) is 4. The molecule has 0 aliphatic rings. The normalized spacial score (nSPS) is 10.4. The predicted octanol–water partition coefficient (Wildman–Crippen LogP) is 2.49. The lowest BCUT2D eigenvalue weighted by molar-refractivity contribution is 0.548. The molecule has 0 fully saturated rings. The summed E-state index contributed by atoms with van der Waals surface area (Å²) in [5.74, 6) is -1.41. The Kier molecular flexibility index (Phi) is 3.00. The van der Waals surface area contributed by atoms with E-state index in [9.17, 15) is 8.78 Å². The highest BCUT2D eigenvalue weighted by Crippen LogP contribution is 2.31. The number of rotatable bonds is 2. The van der Waals surface area contributed by atoms with E-state index in [1.807, 2.05) is 0 Å². The molecule has 2 N–H and O–H groups in total. The van der Waals surface area contributed by atoms with E-state index in [4.69, 9.17) is 5.73 Å². The largest absolute Gasteiger partial charge is 0.397 e. The van der Waals surface area contributed by atoms with Crippen LogP contribution in [-0.4, -0.2) is 9.97 Å². The highest BCUT2D eigenvalue weighted by molar-refractivity contribution is 7.99. The standard InChI is InChI=1S/C10H7F2N3S/c11-6-3-7(12)10(15-4-6)16-9-1-2-14-5-8(9)13/h1-5H,13H2. The summed E-state index contributed by atoms with van der Waals surface area (Å²) in [5.41, 5.74) is 6.07. The molecule has 82 valence electrons. The van der Waals surface area contributed by atoms with Crippen LogP contribution in [0.1, 0.15) is 0 Å². The van der Waals surface area contributed by atoms with Crippen LogP contribution in [0.5, 0.6) is 0 Å². The Hall–Kier alpha value is -1.69. The Bertz CT molecular complexity index is 519. The maximum Gasteiger partial charge on any atom is 0.158 e. The summed E-state index contributed by atoms with van der Waals surface area (Å²) in [5, 5.41) is 0.0827. The first kappa shape index (κ1) is 10.8. The van der Waals surface area contributed by atoms with E-state index in [1.54, 1.807) is 12.3 Å². The fraction of sp³-hybridized carbons (Fsp3) is 0. The van der Waals surface area contributed by atoms with Crippen molar-refractivity contribution >= 4 is 17.4 Å². The van der Waals surface area contributed by atoms with Crippen LogP contribution in [0.3, 0.4) is 0 Å². The van der Waals surface area contributed by atoms with Crippen LogP contribution in [0.25, 0.3) is 0 Å². The molecule has 3 nitrogen and oxygen atoms in total. The van der Waals surface area contributed by atoms with Crippen molar-refractivity contribution in [1.29, 1.82) is 0 Å². The highest BCUT2D eigenvalue weighted by atomic mass is 32.2. The summed E-state index contributed by atoms with van der Waals surface area (Å²) < 4.78 is 25.9. The Balaban J connectivity index is 2.31. The molecule has 16 heavy (non-hydrogen) atoms. The summed E-state index contributed by atoms with van der Waals surface area (Å²) in [6.45, 7) is 0. The maximum atomic E-state index is 13.3. The zero-order valence-corrected chi connectivity index (χ0v) is 8.84. The molecule has 2 rings (SSSR count). The first-order valence-electron chi connectivity index (χ1n) is 4.35. The second kappa shape index (κ2) is 4.44. The van der Waals surface area contributed by atoms with E-state index in [1.165, 1.54) is 6.20 Å². The Labute approximate surface area is 94.7 Å². The molecule has 2 aromatic rings. The second-order valence-corrected chi connectivity index (χ2v) is 3.99. The number of nitrogens with zero attached hydrogens (tertiary/aromatic N) is 2. The molecule has 2 aromatic heterocycles. The van der Waals surface area contributed by atoms with Gasteiger partial charge in [-0.25, -0.2) is 13.8 Å². The van der Waals surface area contributed by atoms with Gasteiger partial charge in [0.1, 0.15) is 10.8 Å². The molecule has 0 saturated heterocycles. The third kappa shape index (κ3) is 2.27. The van der Waals surface area contributed by atoms with Gasteiger partial charge in [0.25, 0.3) is 0 Å². The molecule has 0 aromatic carbocycles. The lowest BCUT2D eigenvalue weighted by Crippen LogP contribution is -1.92. The molecule has 0 aliphatic heterocycles. The average molecular weight is 239 g/mol. The third-order valence-electron chi connectivity index (χ3n) is 1.79. The van der Waals surface area contributed by atoms with Crippen LogP contribution in [0, 0.1) is 11.6 Å². The smallest absolute Gasteiger partial charge is 0.158 e. The first-order valence-corrected chi connectivity index (χ1v) is 5.17. The molecule has 0 unspecified atom stereocenters. The van der Waals surface area contributed by atoms with Crippen LogP contribution in [0.4, 0.5) is 14.5 Å². The van der Waals surface area contributed by atoms with Gasteiger partial charge in [0, 0.05) is 17.2 Å². The number of nitrogen functional groups attached to an aromatic ring is 1. The zero-order valence-electron chi connectivity index (χ0n) is 8.02. The molecule has 0 bridgehead atoms. The molecular formula is C10H7F2N3S. The summed E-state index contributed by atoms with van der Waals surface area (Å²) >= 11 is 1.03. The van der Waals surface area contributed by atoms with Crippen molar-refractivity contribution in [2.75, 3.05) is 5.73 Å². The van der Waals surface area contributed by atoms with E-state index in [2.05, 4.69) is 9.97 Å². The number of aromatic nitrogens is 2. The second-order valence-electron chi connectivity index (χ2n) is 2.96. The van der Waals surface area contributed by atoms with Crippen molar-refractivity contribution in [2.24, 2.45) is 0 Å². The molecule has 2 heterocycles. The van der Waals surface area contributed by atoms with E-state index in [0.29, 0.717) is 10.6 Å². The van der Waals surface area contributed by atoms with Crippen molar-refractivity contribution in [2.45, 2.75) is 9.92 Å². The van der Waals surface area contributed by atoms with Gasteiger partial charge in [0.15, 0.2) is 5.82 Å².